The van der Waals surface area contributed by atoms with Gasteiger partial charge in [0.2, 0.25) is 0 Å². The number of unbranched alkanes of at least 4 members (excludes halogenated alkanes) is 2. The Morgan fingerprint density at radius 1 is 1.39 bits per heavy atom. The molecule has 18 heavy (non-hydrogen) atoms. The third-order valence-corrected chi connectivity index (χ3v) is 3.06. The van der Waals surface area contributed by atoms with Gasteiger partial charge in [0, 0.05) is 25.7 Å². The molecule has 0 bridgehead atoms. The van der Waals surface area contributed by atoms with E-state index in [1.807, 2.05) is 25.7 Å². The van der Waals surface area contributed by atoms with Gasteiger partial charge in [-0.3, -0.25) is 0 Å². The SMILES string of the molecule is CCCCCC1CN(C(=O)OC(C)(C)C)CCN1. The van der Waals surface area contributed by atoms with Crippen LogP contribution in [0.5, 0.6) is 0 Å². The maximum Gasteiger partial charge on any atom is 0.410 e. The van der Waals surface area contributed by atoms with Crippen LogP contribution in [0.25, 0.3) is 0 Å². The van der Waals surface area contributed by atoms with Crippen molar-refractivity contribution in [2.75, 3.05) is 19.6 Å². The van der Waals surface area contributed by atoms with Crippen molar-refractivity contribution >= 4 is 6.09 Å². The Kier molecular flexibility index (Phi) is 5.93. The zero-order valence-electron chi connectivity index (χ0n) is 12.3. The van der Waals surface area contributed by atoms with E-state index in [1.165, 1.54) is 19.3 Å². The highest BCUT2D eigenvalue weighted by atomic mass is 16.6. The van der Waals surface area contributed by atoms with E-state index in [0.29, 0.717) is 6.04 Å². The molecule has 0 saturated carbocycles. The van der Waals surface area contributed by atoms with Crippen molar-refractivity contribution in [1.29, 1.82) is 0 Å². The Morgan fingerprint density at radius 3 is 2.72 bits per heavy atom. The Balaban J connectivity index is 2.36. The minimum absolute atomic E-state index is 0.176. The molecule has 1 N–H and O–H groups in total. The second-order valence-corrected chi connectivity index (χ2v) is 6.07. The molecule has 0 spiro atoms. The van der Waals surface area contributed by atoms with Gasteiger partial charge in [-0.25, -0.2) is 4.79 Å². The molecule has 0 radical (unpaired) electrons. The fraction of sp³-hybridized carbons (Fsp3) is 0.929. The van der Waals surface area contributed by atoms with Crippen LogP contribution in [0, 0.1) is 0 Å². The zero-order chi connectivity index (χ0) is 13.6. The monoisotopic (exact) mass is 256 g/mol. The molecule has 0 aliphatic carbocycles. The molecule has 1 heterocycles. The molecular formula is C14H28N2O2. The van der Waals surface area contributed by atoms with Gasteiger partial charge in [0.15, 0.2) is 0 Å². The second kappa shape index (κ2) is 6.98. The quantitative estimate of drug-likeness (QED) is 0.786. The van der Waals surface area contributed by atoms with Crippen LogP contribution in [-0.2, 0) is 4.74 Å². The van der Waals surface area contributed by atoms with Gasteiger partial charge in [-0.05, 0) is 27.2 Å². The van der Waals surface area contributed by atoms with Gasteiger partial charge in [-0.1, -0.05) is 26.2 Å². The lowest BCUT2D eigenvalue weighted by atomic mass is 10.1. The number of hydrogen-bond acceptors (Lipinski definition) is 3. The molecule has 106 valence electrons. The number of hydrogen-bond donors (Lipinski definition) is 1. The standard InChI is InChI=1S/C14H28N2O2/c1-5-6-7-8-12-11-16(10-9-15-12)13(17)18-14(2,3)4/h12,15H,5-11H2,1-4H3. The molecule has 1 atom stereocenters. The van der Waals surface area contributed by atoms with E-state index in [2.05, 4.69) is 12.2 Å². The minimum atomic E-state index is -0.403. The summed E-state index contributed by atoms with van der Waals surface area (Å²) in [5, 5.41) is 3.48. The normalized spacial score (nSPS) is 20.9. The number of nitrogens with one attached hydrogen (secondary N) is 1. The van der Waals surface area contributed by atoms with Crippen LogP contribution >= 0.6 is 0 Å². The van der Waals surface area contributed by atoms with Gasteiger partial charge in [-0.2, -0.15) is 0 Å². The minimum Gasteiger partial charge on any atom is -0.444 e. The molecule has 1 fully saturated rings. The molecule has 0 aromatic rings. The van der Waals surface area contributed by atoms with Crippen LogP contribution in [0.4, 0.5) is 4.79 Å². The number of carbonyl (C=O) groups is 1. The summed E-state index contributed by atoms with van der Waals surface area (Å²) in [6, 6.07) is 0.429. The Hall–Kier alpha value is -0.770. The number of carbonyl (C=O) groups excluding carboxylic acids is 1. The lowest BCUT2D eigenvalue weighted by molar-refractivity contribution is 0.0192. The van der Waals surface area contributed by atoms with Crippen molar-refractivity contribution in [3.05, 3.63) is 0 Å². The molecule has 1 aliphatic heterocycles. The average Bonchev–Trinajstić information content (AvgIpc) is 2.27. The maximum atomic E-state index is 12.0. The average molecular weight is 256 g/mol. The van der Waals surface area contributed by atoms with E-state index in [1.54, 1.807) is 0 Å². The summed E-state index contributed by atoms with van der Waals surface area (Å²) in [5.74, 6) is 0. The summed E-state index contributed by atoms with van der Waals surface area (Å²) in [5.41, 5.74) is -0.403. The summed E-state index contributed by atoms with van der Waals surface area (Å²) in [6.45, 7) is 10.3. The van der Waals surface area contributed by atoms with E-state index in [-0.39, 0.29) is 6.09 Å². The number of amides is 1. The summed E-state index contributed by atoms with van der Waals surface area (Å²) in [7, 11) is 0. The maximum absolute atomic E-state index is 12.0. The first-order valence-corrected chi connectivity index (χ1v) is 7.13. The van der Waals surface area contributed by atoms with Crippen molar-refractivity contribution in [3.8, 4) is 0 Å². The van der Waals surface area contributed by atoms with Crippen molar-refractivity contribution in [3.63, 3.8) is 0 Å². The molecule has 4 heteroatoms. The topological polar surface area (TPSA) is 41.6 Å². The largest absolute Gasteiger partial charge is 0.444 e. The first-order chi connectivity index (χ1) is 8.42. The predicted molar refractivity (Wildman–Crippen MR) is 73.7 cm³/mol. The number of ether oxygens (including phenoxy) is 1. The molecule has 1 saturated heterocycles. The predicted octanol–water partition coefficient (Wildman–Crippen LogP) is 2.78. The Bertz CT molecular complexity index is 261. The zero-order valence-corrected chi connectivity index (χ0v) is 12.3. The smallest absolute Gasteiger partial charge is 0.410 e. The van der Waals surface area contributed by atoms with Crippen LogP contribution in [0.1, 0.15) is 53.4 Å². The van der Waals surface area contributed by atoms with Crippen LogP contribution in [0.3, 0.4) is 0 Å². The molecule has 0 aromatic heterocycles. The van der Waals surface area contributed by atoms with Gasteiger partial charge < -0.3 is 15.0 Å². The van der Waals surface area contributed by atoms with Crippen molar-refractivity contribution in [2.24, 2.45) is 0 Å². The van der Waals surface area contributed by atoms with E-state index in [0.717, 1.165) is 26.1 Å². The van der Waals surface area contributed by atoms with Gasteiger partial charge in [0.25, 0.3) is 0 Å². The van der Waals surface area contributed by atoms with Gasteiger partial charge in [0.05, 0.1) is 0 Å². The van der Waals surface area contributed by atoms with Crippen molar-refractivity contribution < 1.29 is 9.53 Å². The highest BCUT2D eigenvalue weighted by Gasteiger charge is 2.26. The fourth-order valence-corrected chi connectivity index (χ4v) is 2.15. The molecule has 4 nitrogen and oxygen atoms in total. The van der Waals surface area contributed by atoms with Gasteiger partial charge in [-0.15, -0.1) is 0 Å². The molecule has 1 rings (SSSR count). The summed E-state index contributed by atoms with van der Waals surface area (Å²) >= 11 is 0. The fourth-order valence-electron chi connectivity index (χ4n) is 2.15. The molecular weight excluding hydrogens is 228 g/mol. The van der Waals surface area contributed by atoms with E-state index in [4.69, 9.17) is 4.74 Å². The van der Waals surface area contributed by atoms with Crippen LogP contribution in [0.2, 0.25) is 0 Å². The first-order valence-electron chi connectivity index (χ1n) is 7.13. The lowest BCUT2D eigenvalue weighted by Crippen LogP contribution is -2.53. The van der Waals surface area contributed by atoms with Gasteiger partial charge in [0.1, 0.15) is 5.60 Å². The molecule has 1 unspecified atom stereocenters. The van der Waals surface area contributed by atoms with E-state index in [9.17, 15) is 4.79 Å². The number of nitrogens with zero attached hydrogens (tertiary/aromatic N) is 1. The number of piperazine rings is 1. The van der Waals surface area contributed by atoms with Crippen molar-refractivity contribution in [1.82, 2.24) is 10.2 Å². The van der Waals surface area contributed by atoms with Crippen LogP contribution < -0.4 is 5.32 Å². The summed E-state index contributed by atoms with van der Waals surface area (Å²) in [6.07, 6.45) is 4.71. The highest BCUT2D eigenvalue weighted by Crippen LogP contribution is 2.13. The first kappa shape index (κ1) is 15.3. The van der Waals surface area contributed by atoms with Crippen LogP contribution in [0.15, 0.2) is 0 Å². The molecule has 1 amide bonds. The Morgan fingerprint density at radius 2 is 2.11 bits per heavy atom. The van der Waals surface area contributed by atoms with Gasteiger partial charge >= 0.3 is 6.09 Å². The lowest BCUT2D eigenvalue weighted by Gasteiger charge is -2.35. The van der Waals surface area contributed by atoms with Crippen LogP contribution in [-0.4, -0.2) is 42.3 Å². The van der Waals surface area contributed by atoms with E-state index < -0.39 is 5.60 Å². The second-order valence-electron chi connectivity index (χ2n) is 6.07. The third kappa shape index (κ3) is 5.71. The summed E-state index contributed by atoms with van der Waals surface area (Å²) < 4.78 is 5.41. The third-order valence-electron chi connectivity index (χ3n) is 3.06. The molecule has 1 aliphatic rings. The Labute approximate surface area is 111 Å². The number of rotatable bonds is 4. The summed E-state index contributed by atoms with van der Waals surface area (Å²) in [4.78, 5) is 13.8. The van der Waals surface area contributed by atoms with E-state index >= 15 is 0 Å². The molecule has 0 aromatic carbocycles. The highest BCUT2D eigenvalue weighted by molar-refractivity contribution is 5.68. The van der Waals surface area contributed by atoms with Crippen molar-refractivity contribution in [2.45, 2.75) is 65.0 Å².